The molecule has 0 spiro atoms. The lowest BCUT2D eigenvalue weighted by molar-refractivity contribution is 0.0950. The van der Waals surface area contributed by atoms with Crippen LogP contribution < -0.4 is 10.5 Å². The van der Waals surface area contributed by atoms with Gasteiger partial charge in [0.1, 0.15) is 0 Å². The second kappa shape index (κ2) is 4.40. The topological polar surface area (TPSA) is 89.3 Å². The number of benzene rings is 1. The van der Waals surface area contributed by atoms with Crippen molar-refractivity contribution >= 4 is 31.9 Å². The third-order valence-electron chi connectivity index (χ3n) is 2.42. The first kappa shape index (κ1) is 12.5. The molecule has 0 heterocycles. The molecule has 2 rings (SSSR count). The van der Waals surface area contributed by atoms with Gasteiger partial charge >= 0.3 is 0 Å². The van der Waals surface area contributed by atoms with E-state index >= 15 is 0 Å². The van der Waals surface area contributed by atoms with E-state index in [-0.39, 0.29) is 22.4 Å². The summed E-state index contributed by atoms with van der Waals surface area (Å²) in [5.74, 6) is -0.287. The summed E-state index contributed by atoms with van der Waals surface area (Å²) in [6.07, 6.45) is 1.94. The Morgan fingerprint density at radius 1 is 1.41 bits per heavy atom. The average Bonchev–Trinajstić information content (AvgIpc) is 3.00. The van der Waals surface area contributed by atoms with Gasteiger partial charge in [-0.3, -0.25) is 4.79 Å². The van der Waals surface area contributed by atoms with Crippen molar-refractivity contribution in [2.75, 3.05) is 0 Å². The van der Waals surface area contributed by atoms with Gasteiger partial charge in [0, 0.05) is 10.5 Å². The summed E-state index contributed by atoms with van der Waals surface area (Å²) in [6.45, 7) is 0. The minimum Gasteiger partial charge on any atom is -0.349 e. The van der Waals surface area contributed by atoms with Gasteiger partial charge in [0.2, 0.25) is 10.0 Å². The first-order valence-electron chi connectivity index (χ1n) is 5.01. The van der Waals surface area contributed by atoms with E-state index in [4.69, 9.17) is 5.14 Å². The second-order valence-electron chi connectivity index (χ2n) is 3.93. The minimum absolute atomic E-state index is 0.0679. The number of hydrogen-bond donors (Lipinski definition) is 2. The van der Waals surface area contributed by atoms with Crippen LogP contribution in [0.2, 0.25) is 0 Å². The molecule has 7 heteroatoms. The first-order valence-corrected chi connectivity index (χ1v) is 7.35. The van der Waals surface area contributed by atoms with Crippen LogP contribution >= 0.6 is 15.9 Å². The zero-order chi connectivity index (χ0) is 12.6. The van der Waals surface area contributed by atoms with Crippen LogP contribution in [-0.2, 0) is 10.0 Å². The van der Waals surface area contributed by atoms with Crippen LogP contribution in [0.25, 0.3) is 0 Å². The standard InChI is InChI=1S/C10H11BrN2O3S/c11-9-4-3-7(17(12,15)16)5-8(9)10(14)13-6-1-2-6/h3-6H,1-2H2,(H,13,14)(H2,12,15,16). The maximum Gasteiger partial charge on any atom is 0.252 e. The summed E-state index contributed by atoms with van der Waals surface area (Å²) in [4.78, 5) is 11.8. The molecule has 1 aromatic carbocycles. The molecular formula is C10H11BrN2O3S. The largest absolute Gasteiger partial charge is 0.349 e. The number of hydrogen-bond acceptors (Lipinski definition) is 3. The van der Waals surface area contributed by atoms with Crippen molar-refractivity contribution in [3.05, 3.63) is 28.2 Å². The smallest absolute Gasteiger partial charge is 0.252 e. The Balaban J connectivity index is 2.34. The lowest BCUT2D eigenvalue weighted by atomic mass is 10.2. The van der Waals surface area contributed by atoms with E-state index in [1.807, 2.05) is 0 Å². The zero-order valence-electron chi connectivity index (χ0n) is 8.81. The van der Waals surface area contributed by atoms with E-state index in [0.717, 1.165) is 12.8 Å². The fourth-order valence-corrected chi connectivity index (χ4v) is 2.31. The monoisotopic (exact) mass is 318 g/mol. The molecule has 1 aliphatic rings. The van der Waals surface area contributed by atoms with Crippen LogP contribution in [0, 0.1) is 0 Å². The average molecular weight is 319 g/mol. The van der Waals surface area contributed by atoms with Crippen LogP contribution in [-0.4, -0.2) is 20.4 Å². The van der Waals surface area contributed by atoms with E-state index < -0.39 is 10.0 Å². The fourth-order valence-electron chi connectivity index (χ4n) is 1.35. The van der Waals surface area contributed by atoms with Crippen LogP contribution in [0.5, 0.6) is 0 Å². The van der Waals surface area contributed by atoms with E-state index in [1.165, 1.54) is 18.2 Å². The number of rotatable bonds is 3. The summed E-state index contributed by atoms with van der Waals surface area (Å²) in [5.41, 5.74) is 0.281. The lowest BCUT2D eigenvalue weighted by Gasteiger charge is -2.07. The number of primary sulfonamides is 1. The van der Waals surface area contributed by atoms with Crippen molar-refractivity contribution in [2.45, 2.75) is 23.8 Å². The van der Waals surface area contributed by atoms with E-state index in [9.17, 15) is 13.2 Å². The van der Waals surface area contributed by atoms with Crippen molar-refractivity contribution in [3.63, 3.8) is 0 Å². The molecule has 92 valence electrons. The van der Waals surface area contributed by atoms with Crippen LogP contribution in [0.15, 0.2) is 27.6 Å². The van der Waals surface area contributed by atoms with Gasteiger partial charge in [-0.1, -0.05) is 0 Å². The minimum atomic E-state index is -3.79. The van der Waals surface area contributed by atoms with E-state index in [2.05, 4.69) is 21.2 Å². The highest BCUT2D eigenvalue weighted by Gasteiger charge is 2.25. The highest BCUT2D eigenvalue weighted by molar-refractivity contribution is 9.10. The molecule has 1 amide bonds. The van der Waals surface area contributed by atoms with E-state index in [1.54, 1.807) is 0 Å². The maximum absolute atomic E-state index is 11.8. The predicted molar refractivity (Wildman–Crippen MR) is 66.0 cm³/mol. The summed E-state index contributed by atoms with van der Waals surface area (Å²) in [7, 11) is -3.79. The SMILES string of the molecule is NS(=O)(=O)c1ccc(Br)c(C(=O)NC2CC2)c1. The summed E-state index contributed by atoms with van der Waals surface area (Å²) in [5, 5.41) is 7.80. The molecule has 0 unspecified atom stereocenters. The van der Waals surface area contributed by atoms with Crippen molar-refractivity contribution in [1.29, 1.82) is 0 Å². The molecule has 0 bridgehead atoms. The Morgan fingerprint density at radius 3 is 2.59 bits per heavy atom. The Kier molecular flexibility index (Phi) is 3.24. The molecule has 0 radical (unpaired) electrons. The molecule has 0 aliphatic heterocycles. The third kappa shape index (κ3) is 3.05. The first-order chi connectivity index (χ1) is 7.88. The molecule has 0 saturated heterocycles. The Labute approximate surface area is 108 Å². The number of carbonyl (C=O) groups is 1. The molecule has 1 saturated carbocycles. The summed E-state index contributed by atoms with van der Waals surface area (Å²) < 4.78 is 22.9. The highest BCUT2D eigenvalue weighted by Crippen LogP contribution is 2.23. The van der Waals surface area contributed by atoms with Gasteiger partial charge < -0.3 is 5.32 Å². The van der Waals surface area contributed by atoms with Crippen molar-refractivity contribution in [3.8, 4) is 0 Å². The van der Waals surface area contributed by atoms with Gasteiger partial charge in [-0.2, -0.15) is 0 Å². The molecule has 0 aromatic heterocycles. The number of sulfonamides is 1. The van der Waals surface area contributed by atoms with Crippen molar-refractivity contribution in [1.82, 2.24) is 5.32 Å². The lowest BCUT2D eigenvalue weighted by Crippen LogP contribution is -2.26. The number of nitrogens with one attached hydrogen (secondary N) is 1. The number of nitrogens with two attached hydrogens (primary N) is 1. The van der Waals surface area contributed by atoms with E-state index in [0.29, 0.717) is 4.47 Å². The van der Waals surface area contributed by atoms with Crippen molar-refractivity contribution in [2.24, 2.45) is 5.14 Å². The fraction of sp³-hybridized carbons (Fsp3) is 0.300. The molecule has 1 aliphatic carbocycles. The third-order valence-corrected chi connectivity index (χ3v) is 4.03. The van der Waals surface area contributed by atoms with Gasteiger partial charge in [-0.05, 0) is 47.0 Å². The molecule has 3 N–H and O–H groups in total. The maximum atomic E-state index is 11.8. The molecule has 1 aromatic rings. The number of carbonyl (C=O) groups excluding carboxylic acids is 1. The molecule has 5 nitrogen and oxygen atoms in total. The van der Waals surface area contributed by atoms with Crippen LogP contribution in [0.3, 0.4) is 0 Å². The molecule has 0 atom stereocenters. The second-order valence-corrected chi connectivity index (χ2v) is 6.35. The molecule has 17 heavy (non-hydrogen) atoms. The molecule has 1 fully saturated rings. The Hall–Kier alpha value is -0.920. The summed E-state index contributed by atoms with van der Waals surface area (Å²) in [6, 6.07) is 4.35. The van der Waals surface area contributed by atoms with Gasteiger partial charge in [-0.15, -0.1) is 0 Å². The number of amides is 1. The van der Waals surface area contributed by atoms with Gasteiger partial charge in [0.15, 0.2) is 0 Å². The zero-order valence-corrected chi connectivity index (χ0v) is 11.2. The summed E-state index contributed by atoms with van der Waals surface area (Å²) >= 11 is 3.21. The van der Waals surface area contributed by atoms with Gasteiger partial charge in [-0.25, -0.2) is 13.6 Å². The Morgan fingerprint density at radius 2 is 2.06 bits per heavy atom. The van der Waals surface area contributed by atoms with Gasteiger partial charge in [0.25, 0.3) is 5.91 Å². The quantitative estimate of drug-likeness (QED) is 0.870. The predicted octanol–water partition coefficient (Wildman–Crippen LogP) is 0.989. The van der Waals surface area contributed by atoms with Crippen LogP contribution in [0.1, 0.15) is 23.2 Å². The van der Waals surface area contributed by atoms with Crippen molar-refractivity contribution < 1.29 is 13.2 Å². The number of halogens is 1. The normalized spacial score (nSPS) is 15.6. The Bertz CT molecular complexity index is 567. The molecular weight excluding hydrogens is 308 g/mol. The van der Waals surface area contributed by atoms with Crippen LogP contribution in [0.4, 0.5) is 0 Å². The highest BCUT2D eigenvalue weighted by atomic mass is 79.9. The van der Waals surface area contributed by atoms with Gasteiger partial charge in [0.05, 0.1) is 10.5 Å².